The minimum absolute atomic E-state index is 0.0976. The summed E-state index contributed by atoms with van der Waals surface area (Å²) in [5, 5.41) is 6.32. The molecule has 1 aliphatic heterocycles. The molecule has 1 heterocycles. The molecule has 0 radical (unpaired) electrons. The Morgan fingerprint density at radius 3 is 2.84 bits per heavy atom. The normalized spacial score (nSPS) is 20.8. The number of carbonyl (C=O) groups excluding carboxylic acids is 1. The predicted octanol–water partition coefficient (Wildman–Crippen LogP) is 3.25. The van der Waals surface area contributed by atoms with Crippen molar-refractivity contribution >= 4 is 17.3 Å². The number of fused-ring (bicyclic) bond motifs is 1. The van der Waals surface area contributed by atoms with Gasteiger partial charge in [0.1, 0.15) is 5.75 Å². The Balaban J connectivity index is 2.13. The van der Waals surface area contributed by atoms with Crippen LogP contribution >= 0.6 is 0 Å². The maximum atomic E-state index is 11.6. The van der Waals surface area contributed by atoms with Gasteiger partial charge in [0.25, 0.3) is 5.91 Å². The van der Waals surface area contributed by atoms with Crippen LogP contribution in [0.25, 0.3) is 0 Å². The fourth-order valence-electron chi connectivity index (χ4n) is 2.06. The molecule has 0 saturated carbocycles. The van der Waals surface area contributed by atoms with E-state index in [0.29, 0.717) is 12.0 Å². The maximum absolute atomic E-state index is 11.6. The summed E-state index contributed by atoms with van der Waals surface area (Å²) >= 11 is 0. The van der Waals surface area contributed by atoms with Crippen molar-refractivity contribution in [2.75, 3.05) is 10.6 Å². The first-order chi connectivity index (χ1) is 9.01. The van der Waals surface area contributed by atoms with Crippen molar-refractivity contribution < 1.29 is 9.53 Å². The number of carbonyl (C=O) groups is 1. The van der Waals surface area contributed by atoms with Crippen LogP contribution in [0.5, 0.6) is 5.75 Å². The smallest absolute Gasteiger partial charge is 0.265 e. The number of ether oxygens (including phenoxy) is 1. The molecule has 1 aromatic carbocycles. The van der Waals surface area contributed by atoms with Crippen LogP contribution in [0.1, 0.15) is 34.1 Å². The van der Waals surface area contributed by atoms with Gasteiger partial charge in [0.05, 0.1) is 5.69 Å². The van der Waals surface area contributed by atoms with E-state index in [1.165, 1.54) is 0 Å². The average Bonchev–Trinajstić information content (AvgIpc) is 2.39. The van der Waals surface area contributed by atoms with Gasteiger partial charge in [-0.3, -0.25) is 4.79 Å². The molecule has 0 aromatic heterocycles. The van der Waals surface area contributed by atoms with Crippen LogP contribution in [0.2, 0.25) is 0 Å². The molecule has 0 saturated heterocycles. The summed E-state index contributed by atoms with van der Waals surface area (Å²) in [4.78, 5) is 11.6. The molecule has 1 amide bonds. The van der Waals surface area contributed by atoms with Gasteiger partial charge in [-0.25, -0.2) is 0 Å². The zero-order valence-electron chi connectivity index (χ0n) is 12.0. The number of benzene rings is 1. The van der Waals surface area contributed by atoms with E-state index in [2.05, 4.69) is 31.4 Å². The lowest BCUT2D eigenvalue weighted by molar-refractivity contribution is -0.122. The zero-order valence-corrected chi connectivity index (χ0v) is 12.0. The quantitative estimate of drug-likeness (QED) is 0.875. The van der Waals surface area contributed by atoms with Crippen molar-refractivity contribution in [2.45, 2.75) is 46.3 Å². The van der Waals surface area contributed by atoms with E-state index in [1.54, 1.807) is 6.92 Å². The second kappa shape index (κ2) is 5.51. The molecule has 2 N–H and O–H groups in total. The topological polar surface area (TPSA) is 50.4 Å². The summed E-state index contributed by atoms with van der Waals surface area (Å²) < 4.78 is 5.53. The van der Waals surface area contributed by atoms with Crippen molar-refractivity contribution in [1.29, 1.82) is 0 Å². The van der Waals surface area contributed by atoms with Crippen molar-refractivity contribution in [3.8, 4) is 5.75 Å². The van der Waals surface area contributed by atoms with Crippen LogP contribution in [0.3, 0.4) is 0 Å². The number of amides is 1. The Labute approximate surface area is 114 Å². The lowest BCUT2D eigenvalue weighted by Crippen LogP contribution is -2.34. The van der Waals surface area contributed by atoms with E-state index in [0.717, 1.165) is 23.5 Å². The Kier molecular flexibility index (Phi) is 3.98. The van der Waals surface area contributed by atoms with Gasteiger partial charge in [-0.1, -0.05) is 20.3 Å². The van der Waals surface area contributed by atoms with Crippen molar-refractivity contribution in [3.63, 3.8) is 0 Å². The molecule has 4 heteroatoms. The monoisotopic (exact) mass is 262 g/mol. The van der Waals surface area contributed by atoms with E-state index in [1.807, 2.05) is 18.2 Å². The SMILES string of the molecule is CCC(C)C(C)Nc1ccc2c(c1)NC(=O)C(C)O2. The van der Waals surface area contributed by atoms with Gasteiger partial charge < -0.3 is 15.4 Å². The molecule has 0 fully saturated rings. The van der Waals surface area contributed by atoms with E-state index in [9.17, 15) is 4.79 Å². The minimum Gasteiger partial charge on any atom is -0.479 e. The first-order valence-corrected chi connectivity index (χ1v) is 6.89. The zero-order chi connectivity index (χ0) is 14.0. The van der Waals surface area contributed by atoms with Crippen LogP contribution in [-0.2, 0) is 4.79 Å². The third kappa shape index (κ3) is 3.00. The number of hydrogen-bond donors (Lipinski definition) is 2. The fraction of sp³-hybridized carbons (Fsp3) is 0.533. The molecule has 0 aliphatic carbocycles. The standard InChI is InChI=1S/C15H22N2O2/c1-5-9(2)10(3)16-12-6-7-14-13(8-12)17-15(18)11(4)19-14/h6-11,16H,5H2,1-4H3,(H,17,18). The second-order valence-electron chi connectivity index (χ2n) is 5.28. The van der Waals surface area contributed by atoms with Gasteiger partial charge in [0.15, 0.2) is 6.10 Å². The lowest BCUT2D eigenvalue weighted by Gasteiger charge is -2.25. The highest BCUT2D eigenvalue weighted by molar-refractivity contribution is 5.98. The second-order valence-corrected chi connectivity index (χ2v) is 5.28. The average molecular weight is 262 g/mol. The van der Waals surface area contributed by atoms with Gasteiger partial charge in [0.2, 0.25) is 0 Å². The summed E-state index contributed by atoms with van der Waals surface area (Å²) in [7, 11) is 0. The number of nitrogens with one attached hydrogen (secondary N) is 2. The molecular weight excluding hydrogens is 240 g/mol. The van der Waals surface area contributed by atoms with Gasteiger partial charge in [-0.05, 0) is 38.0 Å². The minimum atomic E-state index is -0.426. The van der Waals surface area contributed by atoms with Crippen LogP contribution in [-0.4, -0.2) is 18.1 Å². The molecule has 1 aromatic rings. The number of hydrogen-bond acceptors (Lipinski definition) is 3. The molecule has 4 nitrogen and oxygen atoms in total. The largest absolute Gasteiger partial charge is 0.479 e. The highest BCUT2D eigenvalue weighted by Crippen LogP contribution is 2.32. The lowest BCUT2D eigenvalue weighted by atomic mass is 10.0. The van der Waals surface area contributed by atoms with Crippen LogP contribution in [0.15, 0.2) is 18.2 Å². The van der Waals surface area contributed by atoms with Gasteiger partial charge >= 0.3 is 0 Å². The van der Waals surface area contributed by atoms with E-state index < -0.39 is 6.10 Å². The molecule has 3 atom stereocenters. The fourth-order valence-corrected chi connectivity index (χ4v) is 2.06. The molecule has 0 bridgehead atoms. The van der Waals surface area contributed by atoms with Gasteiger partial charge in [-0.2, -0.15) is 0 Å². The number of anilines is 2. The highest BCUT2D eigenvalue weighted by atomic mass is 16.5. The van der Waals surface area contributed by atoms with E-state index in [4.69, 9.17) is 4.74 Å². The first-order valence-electron chi connectivity index (χ1n) is 6.89. The highest BCUT2D eigenvalue weighted by Gasteiger charge is 2.23. The van der Waals surface area contributed by atoms with Crippen LogP contribution in [0.4, 0.5) is 11.4 Å². The Bertz CT molecular complexity index is 473. The van der Waals surface area contributed by atoms with Crippen molar-refractivity contribution in [3.05, 3.63) is 18.2 Å². The molecule has 1 aliphatic rings. The van der Waals surface area contributed by atoms with Gasteiger partial charge in [-0.15, -0.1) is 0 Å². The summed E-state index contributed by atoms with van der Waals surface area (Å²) in [5.74, 6) is 1.23. The molecule has 0 spiro atoms. The molecular formula is C15H22N2O2. The van der Waals surface area contributed by atoms with Crippen molar-refractivity contribution in [1.82, 2.24) is 0 Å². The van der Waals surface area contributed by atoms with Crippen LogP contribution < -0.4 is 15.4 Å². The molecule has 19 heavy (non-hydrogen) atoms. The Hall–Kier alpha value is -1.71. The van der Waals surface area contributed by atoms with Crippen molar-refractivity contribution in [2.24, 2.45) is 5.92 Å². The summed E-state index contributed by atoms with van der Waals surface area (Å²) in [5.41, 5.74) is 1.74. The Morgan fingerprint density at radius 1 is 1.42 bits per heavy atom. The Morgan fingerprint density at radius 2 is 2.16 bits per heavy atom. The summed E-state index contributed by atoms with van der Waals surface area (Å²) in [6.07, 6.45) is 0.710. The molecule has 3 unspecified atom stereocenters. The molecule has 104 valence electrons. The van der Waals surface area contributed by atoms with E-state index >= 15 is 0 Å². The molecule has 2 rings (SSSR count). The third-order valence-electron chi connectivity index (χ3n) is 3.80. The number of rotatable bonds is 4. The van der Waals surface area contributed by atoms with E-state index in [-0.39, 0.29) is 5.91 Å². The predicted molar refractivity (Wildman–Crippen MR) is 77.7 cm³/mol. The third-order valence-corrected chi connectivity index (χ3v) is 3.80. The summed E-state index contributed by atoms with van der Waals surface area (Å²) in [6.45, 7) is 8.33. The van der Waals surface area contributed by atoms with Gasteiger partial charge in [0, 0.05) is 11.7 Å². The first kappa shape index (κ1) is 13.7. The summed E-state index contributed by atoms with van der Waals surface area (Å²) in [6, 6.07) is 6.21. The van der Waals surface area contributed by atoms with Crippen LogP contribution in [0, 0.1) is 5.92 Å². The maximum Gasteiger partial charge on any atom is 0.265 e.